The number of anilines is 2. The minimum Gasteiger partial charge on any atom is -0.353 e. The maximum atomic E-state index is 12.9. The van der Waals surface area contributed by atoms with E-state index in [1.807, 2.05) is 26.0 Å². The molecule has 3 aromatic heterocycles. The van der Waals surface area contributed by atoms with Crippen LogP contribution in [0.3, 0.4) is 0 Å². The highest BCUT2D eigenvalue weighted by Gasteiger charge is 2.33. The summed E-state index contributed by atoms with van der Waals surface area (Å²) in [5.74, 6) is 1.50. The summed E-state index contributed by atoms with van der Waals surface area (Å²) in [5, 5.41) is 4.44. The number of hydrogen-bond acceptors (Lipinski definition) is 7. The zero-order valence-electron chi connectivity index (χ0n) is 15.9. The van der Waals surface area contributed by atoms with Crippen LogP contribution < -0.4 is 9.80 Å². The van der Waals surface area contributed by atoms with Gasteiger partial charge in [0.1, 0.15) is 17.8 Å². The number of piperazine rings is 1. The molecule has 1 fully saturated rings. The maximum Gasteiger partial charge on any atom is 0.433 e. The summed E-state index contributed by atoms with van der Waals surface area (Å²) in [5.41, 5.74) is 0.936. The van der Waals surface area contributed by atoms with E-state index in [1.165, 1.54) is 6.33 Å². The van der Waals surface area contributed by atoms with Crippen LogP contribution in [-0.4, -0.2) is 55.9 Å². The first-order valence-electron chi connectivity index (χ1n) is 9.07. The molecule has 8 nitrogen and oxygen atoms in total. The van der Waals surface area contributed by atoms with Crippen molar-refractivity contribution in [3.8, 4) is 5.82 Å². The SMILES string of the molecule is Cc1cc(C)n(-c2cc(N3CCN(c4nccc(C(F)(F)F)n4)CC3)ncn2)n1. The molecule has 11 heteroatoms. The average molecular weight is 404 g/mol. The van der Waals surface area contributed by atoms with Gasteiger partial charge in [-0.15, -0.1) is 0 Å². The summed E-state index contributed by atoms with van der Waals surface area (Å²) in [7, 11) is 0. The van der Waals surface area contributed by atoms with Gasteiger partial charge in [-0.3, -0.25) is 0 Å². The molecule has 3 aromatic rings. The summed E-state index contributed by atoms with van der Waals surface area (Å²) in [4.78, 5) is 20.1. The van der Waals surface area contributed by atoms with Crippen molar-refractivity contribution in [3.63, 3.8) is 0 Å². The van der Waals surface area contributed by atoms with Crippen molar-refractivity contribution in [2.24, 2.45) is 0 Å². The van der Waals surface area contributed by atoms with Gasteiger partial charge in [0.15, 0.2) is 5.82 Å². The Bertz CT molecular complexity index is 1010. The molecule has 1 aliphatic heterocycles. The van der Waals surface area contributed by atoms with Gasteiger partial charge in [-0.1, -0.05) is 0 Å². The van der Waals surface area contributed by atoms with E-state index in [0.29, 0.717) is 32.0 Å². The van der Waals surface area contributed by atoms with E-state index in [1.54, 1.807) is 9.58 Å². The highest BCUT2D eigenvalue weighted by Crippen LogP contribution is 2.28. The quantitative estimate of drug-likeness (QED) is 0.664. The molecule has 0 atom stereocenters. The van der Waals surface area contributed by atoms with Crippen molar-refractivity contribution in [2.45, 2.75) is 20.0 Å². The summed E-state index contributed by atoms with van der Waals surface area (Å²) in [6.45, 7) is 6.00. The summed E-state index contributed by atoms with van der Waals surface area (Å²) >= 11 is 0. The fourth-order valence-corrected chi connectivity index (χ4v) is 3.28. The smallest absolute Gasteiger partial charge is 0.353 e. The fourth-order valence-electron chi connectivity index (χ4n) is 3.28. The third-order valence-electron chi connectivity index (χ3n) is 4.68. The molecule has 1 aliphatic rings. The van der Waals surface area contributed by atoms with Crippen LogP contribution in [0.15, 0.2) is 30.7 Å². The predicted octanol–water partition coefficient (Wildman–Crippen LogP) is 2.41. The van der Waals surface area contributed by atoms with E-state index in [-0.39, 0.29) is 5.95 Å². The highest BCUT2D eigenvalue weighted by atomic mass is 19.4. The number of halogens is 3. The molecule has 0 bridgehead atoms. The Labute approximate surface area is 165 Å². The molecule has 0 radical (unpaired) electrons. The van der Waals surface area contributed by atoms with E-state index >= 15 is 0 Å². The Kier molecular flexibility index (Phi) is 4.81. The largest absolute Gasteiger partial charge is 0.433 e. The summed E-state index contributed by atoms with van der Waals surface area (Å²) in [6, 6.07) is 4.70. The molecule has 4 rings (SSSR count). The monoisotopic (exact) mass is 404 g/mol. The molecule has 1 saturated heterocycles. The second-order valence-corrected chi connectivity index (χ2v) is 6.79. The standard InChI is InChI=1S/C18H19F3N8/c1-12-9-13(2)29(26-12)16-10-15(23-11-24-16)27-5-7-28(8-6-27)17-22-4-3-14(25-17)18(19,20)21/h3-4,9-11H,5-8H2,1-2H3. The lowest BCUT2D eigenvalue weighted by atomic mass is 10.3. The lowest BCUT2D eigenvalue weighted by molar-refractivity contribution is -0.141. The van der Waals surface area contributed by atoms with Crippen LogP contribution >= 0.6 is 0 Å². The summed E-state index contributed by atoms with van der Waals surface area (Å²) in [6.07, 6.45) is -1.86. The molecule has 29 heavy (non-hydrogen) atoms. The van der Waals surface area contributed by atoms with Crippen LogP contribution in [0, 0.1) is 13.8 Å². The second-order valence-electron chi connectivity index (χ2n) is 6.79. The number of nitrogens with zero attached hydrogens (tertiary/aromatic N) is 8. The zero-order valence-corrected chi connectivity index (χ0v) is 15.9. The molecule has 0 amide bonds. The van der Waals surface area contributed by atoms with Gasteiger partial charge in [0.25, 0.3) is 0 Å². The molecule has 0 spiro atoms. The average Bonchev–Trinajstić information content (AvgIpc) is 3.06. The summed E-state index contributed by atoms with van der Waals surface area (Å²) < 4.78 is 40.4. The van der Waals surface area contributed by atoms with Crippen molar-refractivity contribution in [1.82, 2.24) is 29.7 Å². The molecular formula is C18H19F3N8. The van der Waals surface area contributed by atoms with Gasteiger partial charge in [0.2, 0.25) is 5.95 Å². The van der Waals surface area contributed by atoms with Crippen molar-refractivity contribution >= 4 is 11.8 Å². The van der Waals surface area contributed by atoms with Crippen LogP contribution in [0.4, 0.5) is 24.9 Å². The van der Waals surface area contributed by atoms with Crippen molar-refractivity contribution in [3.05, 3.63) is 47.8 Å². The predicted molar refractivity (Wildman–Crippen MR) is 100 cm³/mol. The van der Waals surface area contributed by atoms with Crippen LogP contribution in [0.25, 0.3) is 5.82 Å². The van der Waals surface area contributed by atoms with Gasteiger partial charge in [0, 0.05) is 44.1 Å². The number of hydrogen-bond donors (Lipinski definition) is 0. The van der Waals surface area contributed by atoms with Gasteiger partial charge in [-0.05, 0) is 26.0 Å². The molecule has 0 saturated carbocycles. The van der Waals surface area contributed by atoms with Crippen LogP contribution in [0.5, 0.6) is 0 Å². The Hall–Kier alpha value is -3.24. The third kappa shape index (κ3) is 3.98. The van der Waals surface area contributed by atoms with Gasteiger partial charge >= 0.3 is 6.18 Å². The van der Waals surface area contributed by atoms with Crippen molar-refractivity contribution in [1.29, 1.82) is 0 Å². The molecule has 0 aromatic carbocycles. The normalized spacial score (nSPS) is 15.1. The lowest BCUT2D eigenvalue weighted by Gasteiger charge is -2.35. The molecule has 152 valence electrons. The van der Waals surface area contributed by atoms with E-state index in [9.17, 15) is 13.2 Å². The van der Waals surface area contributed by atoms with Crippen LogP contribution in [0.2, 0.25) is 0 Å². The maximum absolute atomic E-state index is 12.9. The second kappa shape index (κ2) is 7.30. The Morgan fingerprint density at radius 1 is 0.897 bits per heavy atom. The Morgan fingerprint density at radius 3 is 2.24 bits per heavy atom. The third-order valence-corrected chi connectivity index (χ3v) is 4.68. The number of alkyl halides is 3. The van der Waals surface area contributed by atoms with E-state index in [4.69, 9.17) is 0 Å². The number of aryl methyl sites for hydroxylation is 2. The van der Waals surface area contributed by atoms with E-state index in [2.05, 4.69) is 29.9 Å². The van der Waals surface area contributed by atoms with Gasteiger partial charge < -0.3 is 9.80 Å². The first-order valence-corrected chi connectivity index (χ1v) is 9.07. The lowest BCUT2D eigenvalue weighted by Crippen LogP contribution is -2.47. The Balaban J connectivity index is 1.48. The molecular weight excluding hydrogens is 385 g/mol. The van der Waals surface area contributed by atoms with Gasteiger partial charge in [0.05, 0.1) is 5.69 Å². The van der Waals surface area contributed by atoms with E-state index < -0.39 is 11.9 Å². The van der Waals surface area contributed by atoms with Crippen molar-refractivity contribution in [2.75, 3.05) is 36.0 Å². The Morgan fingerprint density at radius 2 is 1.59 bits per heavy atom. The number of rotatable bonds is 3. The highest BCUT2D eigenvalue weighted by molar-refractivity contribution is 5.46. The fraction of sp³-hybridized carbons (Fsp3) is 0.389. The first-order chi connectivity index (χ1) is 13.8. The molecule has 0 N–H and O–H groups in total. The molecule has 0 aliphatic carbocycles. The topological polar surface area (TPSA) is 75.9 Å². The van der Waals surface area contributed by atoms with Crippen molar-refractivity contribution < 1.29 is 13.2 Å². The molecule has 0 unspecified atom stereocenters. The molecule has 4 heterocycles. The van der Waals surface area contributed by atoms with Gasteiger partial charge in [-0.2, -0.15) is 18.3 Å². The minimum absolute atomic E-state index is 0.0884. The van der Waals surface area contributed by atoms with E-state index in [0.717, 1.165) is 29.5 Å². The first kappa shape index (κ1) is 19.1. The van der Waals surface area contributed by atoms with Gasteiger partial charge in [-0.25, -0.2) is 24.6 Å². The zero-order chi connectivity index (χ0) is 20.6. The van der Waals surface area contributed by atoms with Crippen LogP contribution in [0.1, 0.15) is 17.1 Å². The van der Waals surface area contributed by atoms with Crippen LogP contribution in [-0.2, 0) is 6.18 Å². The minimum atomic E-state index is -4.49. The number of aromatic nitrogens is 6.